The van der Waals surface area contributed by atoms with Gasteiger partial charge < -0.3 is 14.8 Å². The molecule has 1 N–H and O–H groups in total. The molecular formula is C22H25ClN2O3. The van der Waals surface area contributed by atoms with E-state index in [4.69, 9.17) is 21.1 Å². The van der Waals surface area contributed by atoms with Gasteiger partial charge in [-0.1, -0.05) is 41.9 Å². The number of hydrogen-bond donors (Lipinski definition) is 1. The second-order valence-corrected chi connectivity index (χ2v) is 7.89. The maximum Gasteiger partial charge on any atom is 0.238 e. The van der Waals surface area contributed by atoms with Crippen LogP contribution in [-0.4, -0.2) is 37.1 Å². The maximum atomic E-state index is 12.8. The van der Waals surface area contributed by atoms with Gasteiger partial charge in [-0.05, 0) is 31.2 Å². The molecule has 148 valence electrons. The quantitative estimate of drug-likeness (QED) is 0.742. The molecule has 2 aromatic carbocycles. The van der Waals surface area contributed by atoms with Crippen molar-refractivity contribution in [2.45, 2.75) is 25.8 Å². The summed E-state index contributed by atoms with van der Waals surface area (Å²) in [6.45, 7) is 4.39. The van der Waals surface area contributed by atoms with Crippen molar-refractivity contribution >= 4 is 23.2 Å². The molecule has 2 aromatic rings. The van der Waals surface area contributed by atoms with E-state index in [9.17, 15) is 4.79 Å². The van der Waals surface area contributed by atoms with Crippen LogP contribution in [0.1, 0.15) is 31.4 Å². The van der Waals surface area contributed by atoms with Gasteiger partial charge in [-0.3, -0.25) is 9.69 Å². The van der Waals surface area contributed by atoms with Crippen LogP contribution in [-0.2, 0) is 4.79 Å². The first-order chi connectivity index (χ1) is 13.6. The van der Waals surface area contributed by atoms with E-state index in [1.54, 1.807) is 12.1 Å². The monoisotopic (exact) mass is 400 g/mol. The fourth-order valence-electron chi connectivity index (χ4n) is 3.47. The molecule has 0 spiro atoms. The van der Waals surface area contributed by atoms with Crippen molar-refractivity contribution in [3.05, 3.63) is 53.1 Å². The van der Waals surface area contributed by atoms with E-state index in [-0.39, 0.29) is 11.9 Å². The third-order valence-corrected chi connectivity index (χ3v) is 5.58. The van der Waals surface area contributed by atoms with E-state index >= 15 is 0 Å². The molecule has 0 radical (unpaired) electrons. The Morgan fingerprint density at radius 1 is 1.18 bits per heavy atom. The zero-order valence-electron chi connectivity index (χ0n) is 16.0. The van der Waals surface area contributed by atoms with E-state index in [2.05, 4.69) is 29.3 Å². The number of carbonyl (C=O) groups is 1. The maximum absolute atomic E-state index is 12.8. The molecule has 1 saturated carbocycles. The summed E-state index contributed by atoms with van der Waals surface area (Å²) in [5.41, 5.74) is 1.77. The van der Waals surface area contributed by atoms with E-state index in [0.29, 0.717) is 47.9 Å². The number of nitrogens with one attached hydrogen (secondary N) is 1. The van der Waals surface area contributed by atoms with E-state index < -0.39 is 0 Å². The minimum Gasteiger partial charge on any atom is -0.486 e. The highest BCUT2D eigenvalue weighted by molar-refractivity contribution is 6.34. The highest BCUT2D eigenvalue weighted by Gasteiger charge is 2.28. The molecular weight excluding hydrogens is 376 g/mol. The zero-order valence-corrected chi connectivity index (χ0v) is 16.7. The van der Waals surface area contributed by atoms with Gasteiger partial charge in [0.25, 0.3) is 0 Å². The van der Waals surface area contributed by atoms with Gasteiger partial charge in [-0.25, -0.2) is 0 Å². The second kappa shape index (κ2) is 8.41. The minimum atomic E-state index is -0.0815. The summed E-state index contributed by atoms with van der Waals surface area (Å²) in [5, 5.41) is 3.39. The van der Waals surface area contributed by atoms with Crippen LogP contribution >= 0.6 is 11.6 Å². The first kappa shape index (κ1) is 19.1. The summed E-state index contributed by atoms with van der Waals surface area (Å²) in [5.74, 6) is 1.83. The van der Waals surface area contributed by atoms with Gasteiger partial charge in [0.15, 0.2) is 11.5 Å². The molecule has 1 aliphatic carbocycles. The lowest BCUT2D eigenvalue weighted by Gasteiger charge is -2.29. The number of benzene rings is 2. The molecule has 0 saturated heterocycles. The summed E-state index contributed by atoms with van der Waals surface area (Å²) in [7, 11) is 0. The van der Waals surface area contributed by atoms with Crippen molar-refractivity contribution in [1.82, 2.24) is 4.90 Å². The molecule has 1 atom stereocenters. The van der Waals surface area contributed by atoms with Crippen LogP contribution in [0.5, 0.6) is 11.5 Å². The Hall–Kier alpha value is -2.24. The first-order valence-corrected chi connectivity index (χ1v) is 10.2. The Balaban J connectivity index is 1.45. The number of fused-ring (bicyclic) bond motifs is 1. The van der Waals surface area contributed by atoms with Gasteiger partial charge in [0.1, 0.15) is 13.2 Å². The average molecular weight is 401 g/mol. The number of carbonyl (C=O) groups excluding carboxylic acids is 1. The fraction of sp³-hybridized carbons (Fsp3) is 0.409. The van der Waals surface area contributed by atoms with Crippen molar-refractivity contribution in [1.29, 1.82) is 0 Å². The summed E-state index contributed by atoms with van der Waals surface area (Å²) in [6, 6.07) is 13.9. The fourth-order valence-corrected chi connectivity index (χ4v) is 3.67. The molecule has 0 bridgehead atoms. The summed E-state index contributed by atoms with van der Waals surface area (Å²) < 4.78 is 11.1. The van der Waals surface area contributed by atoms with Crippen LogP contribution < -0.4 is 14.8 Å². The topological polar surface area (TPSA) is 50.8 Å². The summed E-state index contributed by atoms with van der Waals surface area (Å²) in [6.07, 6.45) is 2.49. The number of anilines is 1. The van der Waals surface area contributed by atoms with Crippen molar-refractivity contribution in [2.24, 2.45) is 5.92 Å². The highest BCUT2D eigenvalue weighted by atomic mass is 35.5. The molecule has 2 aliphatic rings. The Bertz CT molecular complexity index is 839. The standard InChI is InChI=1S/C22H25ClN2O3/c1-15(17-5-3-2-4-6-17)25(13-16-7-8-16)14-22(26)24-19-12-21-20(11-18(19)23)27-9-10-28-21/h2-6,11-12,15-16H,7-10,13-14H2,1H3,(H,24,26). The zero-order chi connectivity index (χ0) is 19.5. The smallest absolute Gasteiger partial charge is 0.238 e. The SMILES string of the molecule is CC(c1ccccc1)N(CC(=O)Nc1cc2c(cc1Cl)OCCO2)CC1CC1. The van der Waals surface area contributed by atoms with Crippen LogP contribution in [0.4, 0.5) is 5.69 Å². The Kier molecular flexibility index (Phi) is 5.74. The van der Waals surface area contributed by atoms with Crippen molar-refractivity contribution in [3.8, 4) is 11.5 Å². The predicted octanol–water partition coefficient (Wildman–Crippen LogP) is 4.52. The second-order valence-electron chi connectivity index (χ2n) is 7.48. The molecule has 4 rings (SSSR count). The number of hydrogen-bond acceptors (Lipinski definition) is 4. The van der Waals surface area contributed by atoms with Crippen molar-refractivity contribution in [3.63, 3.8) is 0 Å². The molecule has 1 aliphatic heterocycles. The third-order valence-electron chi connectivity index (χ3n) is 5.27. The summed E-state index contributed by atoms with van der Waals surface area (Å²) in [4.78, 5) is 15.0. The normalized spacial score (nSPS) is 16.7. The van der Waals surface area contributed by atoms with Crippen LogP contribution in [0.15, 0.2) is 42.5 Å². The van der Waals surface area contributed by atoms with Crippen LogP contribution in [0.3, 0.4) is 0 Å². The number of nitrogens with zero attached hydrogens (tertiary/aromatic N) is 1. The molecule has 1 fully saturated rings. The molecule has 1 amide bonds. The molecule has 5 nitrogen and oxygen atoms in total. The first-order valence-electron chi connectivity index (χ1n) is 9.78. The van der Waals surface area contributed by atoms with Gasteiger partial charge >= 0.3 is 0 Å². The number of rotatable bonds is 7. The lowest BCUT2D eigenvalue weighted by molar-refractivity contribution is -0.117. The minimum absolute atomic E-state index is 0.0815. The predicted molar refractivity (Wildman–Crippen MR) is 110 cm³/mol. The Morgan fingerprint density at radius 2 is 1.86 bits per heavy atom. The lowest BCUT2D eigenvalue weighted by atomic mass is 10.1. The Labute approximate surface area is 170 Å². The highest BCUT2D eigenvalue weighted by Crippen LogP contribution is 2.38. The van der Waals surface area contributed by atoms with Crippen LogP contribution in [0, 0.1) is 5.92 Å². The lowest BCUT2D eigenvalue weighted by Crippen LogP contribution is -2.36. The van der Waals surface area contributed by atoms with E-state index in [1.165, 1.54) is 18.4 Å². The van der Waals surface area contributed by atoms with Crippen LogP contribution in [0.2, 0.25) is 5.02 Å². The van der Waals surface area contributed by atoms with Crippen molar-refractivity contribution in [2.75, 3.05) is 31.6 Å². The molecule has 28 heavy (non-hydrogen) atoms. The van der Waals surface area contributed by atoms with Gasteiger partial charge in [0.2, 0.25) is 5.91 Å². The number of ether oxygens (including phenoxy) is 2. The molecule has 1 heterocycles. The largest absolute Gasteiger partial charge is 0.486 e. The van der Waals surface area contributed by atoms with Crippen LogP contribution in [0.25, 0.3) is 0 Å². The summed E-state index contributed by atoms with van der Waals surface area (Å²) >= 11 is 6.33. The van der Waals surface area contributed by atoms with Gasteiger partial charge in [-0.2, -0.15) is 0 Å². The molecule has 0 aromatic heterocycles. The Morgan fingerprint density at radius 3 is 2.54 bits per heavy atom. The number of amides is 1. The van der Waals surface area contributed by atoms with E-state index in [0.717, 1.165) is 6.54 Å². The average Bonchev–Trinajstić information content (AvgIpc) is 3.52. The molecule has 6 heteroatoms. The van der Waals surface area contributed by atoms with Gasteiger partial charge in [0.05, 0.1) is 17.3 Å². The van der Waals surface area contributed by atoms with Crippen molar-refractivity contribution < 1.29 is 14.3 Å². The third kappa shape index (κ3) is 4.59. The number of halogens is 1. The molecule has 1 unspecified atom stereocenters. The van der Waals surface area contributed by atoms with Gasteiger partial charge in [-0.15, -0.1) is 0 Å². The van der Waals surface area contributed by atoms with Gasteiger partial charge in [0, 0.05) is 24.7 Å². The van der Waals surface area contributed by atoms with E-state index in [1.807, 2.05) is 18.2 Å².